The number of hydrogen-bond acceptors (Lipinski definition) is 7. The number of ether oxygens (including phenoxy) is 2. The second-order valence-electron chi connectivity index (χ2n) is 13.6. The maximum atomic E-state index is 12.1. The van der Waals surface area contributed by atoms with Gasteiger partial charge < -0.3 is 27.9 Å². The number of carbonyl (C=O) groups excluding carboxylic acids is 1. The fourth-order valence-corrected chi connectivity index (χ4v) is 5.78. The first-order valence-electron chi connectivity index (χ1n) is 18.3. The van der Waals surface area contributed by atoms with E-state index in [4.69, 9.17) is 18.5 Å². The molecule has 0 amide bonds. The monoisotopic (exact) mass is 650 g/mol. The van der Waals surface area contributed by atoms with Crippen LogP contribution in [0.15, 0.2) is 0 Å². The van der Waals surface area contributed by atoms with E-state index in [1.54, 1.807) is 0 Å². The van der Waals surface area contributed by atoms with Crippen LogP contribution in [0.1, 0.15) is 162 Å². The van der Waals surface area contributed by atoms with Crippen LogP contribution in [0.25, 0.3) is 0 Å². The number of rotatable bonds is 34. The Morgan fingerprint density at radius 3 is 1.45 bits per heavy atom. The van der Waals surface area contributed by atoms with E-state index >= 15 is 0 Å². The second kappa shape index (κ2) is 29.9. The third-order valence-corrected chi connectivity index (χ3v) is 8.84. The first-order chi connectivity index (χ1) is 21.1. The van der Waals surface area contributed by atoms with Gasteiger partial charge in [0.2, 0.25) is 0 Å². The molecule has 8 nitrogen and oxygen atoms in total. The highest BCUT2D eigenvalue weighted by Gasteiger charge is 2.20. The Bertz CT molecular complexity index is 686. The summed E-state index contributed by atoms with van der Waals surface area (Å²) in [5.41, 5.74) is 0. The van der Waals surface area contributed by atoms with Crippen LogP contribution in [-0.2, 0) is 27.9 Å². The minimum Gasteiger partial charge on any atom is -0.756 e. The maximum Gasteiger partial charge on any atom is 0.306 e. The minimum atomic E-state index is -4.48. The van der Waals surface area contributed by atoms with Gasteiger partial charge in [0.15, 0.2) is 0 Å². The number of phosphoric acid groups is 1. The fraction of sp³-hybridized carbons (Fsp3) is 0.971. The topological polar surface area (TPSA) is 94.1 Å². The molecule has 264 valence electrons. The number of quaternary nitrogens is 1. The van der Waals surface area contributed by atoms with Crippen molar-refractivity contribution in [2.45, 2.75) is 168 Å². The van der Waals surface area contributed by atoms with Crippen LogP contribution in [0.4, 0.5) is 0 Å². The van der Waals surface area contributed by atoms with Crippen molar-refractivity contribution in [1.29, 1.82) is 0 Å². The van der Waals surface area contributed by atoms with E-state index in [0.29, 0.717) is 24.1 Å². The van der Waals surface area contributed by atoms with Gasteiger partial charge in [0, 0.05) is 13.0 Å². The van der Waals surface area contributed by atoms with Crippen molar-refractivity contribution >= 4 is 13.8 Å². The first-order valence-corrected chi connectivity index (χ1v) is 19.7. The fourth-order valence-electron chi connectivity index (χ4n) is 5.05. The van der Waals surface area contributed by atoms with Crippen molar-refractivity contribution in [2.75, 3.05) is 54.1 Å². The number of hydrogen-bond donors (Lipinski definition) is 0. The molecule has 44 heavy (non-hydrogen) atoms. The van der Waals surface area contributed by atoms with Gasteiger partial charge in [-0.3, -0.25) is 9.36 Å². The van der Waals surface area contributed by atoms with Crippen LogP contribution in [0.2, 0.25) is 0 Å². The smallest absolute Gasteiger partial charge is 0.306 e. The summed E-state index contributed by atoms with van der Waals surface area (Å²) in [5, 5.41) is 0. The van der Waals surface area contributed by atoms with Gasteiger partial charge in [0.25, 0.3) is 7.82 Å². The number of unbranched alkanes of at least 4 members (excludes halogenated alkanes) is 20. The van der Waals surface area contributed by atoms with Crippen molar-refractivity contribution in [2.24, 2.45) is 0 Å². The number of likely N-dealkylation sites (N-methyl/N-ethyl adjacent to an activating group) is 1. The summed E-state index contributed by atoms with van der Waals surface area (Å²) in [5.74, 6) is -0.384. The molecule has 0 aromatic carbocycles. The predicted octanol–water partition coefficient (Wildman–Crippen LogP) is 9.13. The third kappa shape index (κ3) is 32.9. The maximum absolute atomic E-state index is 12.1. The quantitative estimate of drug-likeness (QED) is 0.0297. The highest BCUT2D eigenvalue weighted by molar-refractivity contribution is 7.45. The largest absolute Gasteiger partial charge is 0.756 e. The molecule has 0 heterocycles. The van der Waals surface area contributed by atoms with Crippen molar-refractivity contribution in [1.82, 2.24) is 0 Å². The zero-order valence-electron chi connectivity index (χ0n) is 29.6. The zero-order chi connectivity index (χ0) is 32.8. The lowest BCUT2D eigenvalue weighted by atomic mass is 10.0. The van der Waals surface area contributed by atoms with E-state index in [0.717, 1.165) is 12.8 Å². The van der Waals surface area contributed by atoms with Crippen molar-refractivity contribution in [3.05, 3.63) is 0 Å². The predicted molar refractivity (Wildman–Crippen MR) is 181 cm³/mol. The Morgan fingerprint density at radius 1 is 0.614 bits per heavy atom. The highest BCUT2D eigenvalue weighted by atomic mass is 31.2. The summed E-state index contributed by atoms with van der Waals surface area (Å²) in [4.78, 5) is 24.1. The van der Waals surface area contributed by atoms with Gasteiger partial charge >= 0.3 is 5.97 Å². The molecule has 0 N–H and O–H groups in total. The van der Waals surface area contributed by atoms with Crippen LogP contribution in [0.3, 0.4) is 0 Å². The van der Waals surface area contributed by atoms with Crippen LogP contribution < -0.4 is 4.89 Å². The summed E-state index contributed by atoms with van der Waals surface area (Å²) in [6, 6.07) is 0. The Kier molecular flexibility index (Phi) is 29.5. The molecule has 0 saturated heterocycles. The van der Waals surface area contributed by atoms with E-state index < -0.39 is 13.9 Å². The Balaban J connectivity index is 3.73. The summed E-state index contributed by atoms with van der Waals surface area (Å²) in [6.45, 7) is 5.07. The number of carbonyl (C=O) groups is 1. The molecule has 0 aliphatic carbocycles. The standard InChI is InChI=1S/C35H72NO7P/c1-6-8-9-10-11-12-13-14-15-16-17-18-19-20-21-22-23-24-25-26-27-30-40-32-34(43-35(37)28-7-2)33-42-44(38,39)41-31-29-36(3,4)5/h34H,6-33H2,1-5H3. The summed E-state index contributed by atoms with van der Waals surface area (Å²) in [6.07, 6.45) is 28.5. The SMILES string of the molecule is CCCCCCCCCCCCCCCCCCCCCCCOCC(COP(=O)([O-])OCC[N+](C)(C)C)OC(=O)CCC. The molecule has 0 spiro atoms. The van der Waals surface area contributed by atoms with Crippen LogP contribution in [0, 0.1) is 0 Å². The van der Waals surface area contributed by atoms with E-state index in [2.05, 4.69) is 6.92 Å². The summed E-state index contributed by atoms with van der Waals surface area (Å²) < 4.78 is 33.7. The molecule has 0 aromatic rings. The Labute approximate surface area is 272 Å². The lowest BCUT2D eigenvalue weighted by Crippen LogP contribution is -2.37. The molecular weight excluding hydrogens is 577 g/mol. The van der Waals surface area contributed by atoms with Gasteiger partial charge in [-0.1, -0.05) is 142 Å². The van der Waals surface area contributed by atoms with E-state index in [1.807, 2.05) is 28.1 Å². The number of nitrogens with zero attached hydrogens (tertiary/aromatic N) is 1. The Hall–Kier alpha value is -0.500. The molecule has 2 unspecified atom stereocenters. The summed E-state index contributed by atoms with van der Waals surface area (Å²) >= 11 is 0. The molecule has 0 saturated carbocycles. The average molecular weight is 650 g/mol. The van der Waals surface area contributed by atoms with E-state index in [9.17, 15) is 14.3 Å². The lowest BCUT2D eigenvalue weighted by Gasteiger charge is -2.28. The van der Waals surface area contributed by atoms with Crippen molar-refractivity contribution < 1.29 is 37.3 Å². The normalized spacial score (nSPS) is 14.0. The van der Waals surface area contributed by atoms with Gasteiger partial charge in [-0.15, -0.1) is 0 Å². The lowest BCUT2D eigenvalue weighted by molar-refractivity contribution is -0.870. The van der Waals surface area contributed by atoms with Gasteiger partial charge in [-0.25, -0.2) is 0 Å². The molecule has 0 aromatic heterocycles. The van der Waals surface area contributed by atoms with E-state index in [-0.39, 0.29) is 32.2 Å². The van der Waals surface area contributed by atoms with Crippen molar-refractivity contribution in [3.63, 3.8) is 0 Å². The third-order valence-electron chi connectivity index (χ3n) is 7.88. The van der Waals surface area contributed by atoms with E-state index in [1.165, 1.54) is 122 Å². The molecule has 2 atom stereocenters. The molecule has 0 bridgehead atoms. The average Bonchev–Trinajstić information content (AvgIpc) is 2.95. The molecule has 0 radical (unpaired) electrons. The molecule has 0 aliphatic heterocycles. The van der Waals surface area contributed by atoms with Crippen LogP contribution >= 0.6 is 7.82 Å². The highest BCUT2D eigenvalue weighted by Crippen LogP contribution is 2.38. The van der Waals surface area contributed by atoms with Gasteiger partial charge in [0.1, 0.15) is 19.3 Å². The summed E-state index contributed by atoms with van der Waals surface area (Å²) in [7, 11) is 1.36. The number of phosphoric ester groups is 1. The molecular formula is C35H72NO7P. The molecule has 0 aliphatic rings. The first kappa shape index (κ1) is 43.5. The van der Waals surface area contributed by atoms with Gasteiger partial charge in [-0.2, -0.15) is 0 Å². The molecule has 0 rings (SSSR count). The number of esters is 1. The van der Waals surface area contributed by atoms with Crippen LogP contribution in [0.5, 0.6) is 0 Å². The zero-order valence-corrected chi connectivity index (χ0v) is 30.5. The second-order valence-corrected chi connectivity index (χ2v) is 15.0. The van der Waals surface area contributed by atoms with Gasteiger partial charge in [-0.05, 0) is 12.8 Å². The van der Waals surface area contributed by atoms with Gasteiger partial charge in [0.05, 0.1) is 34.4 Å². The minimum absolute atomic E-state index is 0.0283. The Morgan fingerprint density at radius 2 is 1.05 bits per heavy atom. The molecule has 9 heteroatoms. The van der Waals surface area contributed by atoms with Crippen molar-refractivity contribution in [3.8, 4) is 0 Å². The van der Waals surface area contributed by atoms with Crippen LogP contribution in [-0.4, -0.2) is 70.7 Å². The molecule has 0 fully saturated rings.